The number of para-hydroxylation sites is 1. The zero-order valence-corrected chi connectivity index (χ0v) is 12.1. The van der Waals surface area contributed by atoms with Gasteiger partial charge in [-0.05, 0) is 26.0 Å². The van der Waals surface area contributed by atoms with Gasteiger partial charge in [-0.2, -0.15) is 0 Å². The van der Waals surface area contributed by atoms with Gasteiger partial charge in [0.25, 0.3) is 0 Å². The average Bonchev–Trinajstić information content (AvgIpc) is 2.87. The van der Waals surface area contributed by atoms with Crippen LogP contribution in [0.4, 0.5) is 0 Å². The fourth-order valence-electron chi connectivity index (χ4n) is 2.94. The number of furan rings is 1. The van der Waals surface area contributed by atoms with Gasteiger partial charge in [0.2, 0.25) is 0 Å². The van der Waals surface area contributed by atoms with Crippen molar-refractivity contribution in [3.63, 3.8) is 0 Å². The van der Waals surface area contributed by atoms with Crippen LogP contribution in [0.15, 0.2) is 34.7 Å². The minimum atomic E-state index is 0.115. The van der Waals surface area contributed by atoms with E-state index >= 15 is 0 Å². The first-order chi connectivity index (χ1) is 9.69. The predicted octanol–water partition coefficient (Wildman–Crippen LogP) is 2.54. The maximum absolute atomic E-state index is 6.02. The number of rotatable bonds is 3. The minimum Gasteiger partial charge on any atom is -0.459 e. The molecule has 1 fully saturated rings. The molecule has 3 rings (SSSR count). The quantitative estimate of drug-likeness (QED) is 0.934. The lowest BCUT2D eigenvalue weighted by Gasteiger charge is -2.40. The van der Waals surface area contributed by atoms with Gasteiger partial charge in [0.05, 0.1) is 18.8 Å². The highest BCUT2D eigenvalue weighted by Gasteiger charge is 2.31. The second-order valence-corrected chi connectivity index (χ2v) is 5.63. The first-order valence-corrected chi connectivity index (χ1v) is 7.25. The van der Waals surface area contributed by atoms with Crippen LogP contribution in [0.5, 0.6) is 0 Å². The number of nitrogens with zero attached hydrogens (tertiary/aromatic N) is 1. The number of hydrogen-bond acceptors (Lipinski definition) is 4. The molecule has 2 heterocycles. The van der Waals surface area contributed by atoms with Crippen LogP contribution in [0.2, 0.25) is 0 Å². The Balaban J connectivity index is 1.92. The summed E-state index contributed by atoms with van der Waals surface area (Å²) < 4.78 is 11.7. The highest BCUT2D eigenvalue weighted by Crippen LogP contribution is 2.30. The second-order valence-electron chi connectivity index (χ2n) is 5.63. The fraction of sp³-hybridized carbons (Fsp3) is 0.500. The van der Waals surface area contributed by atoms with Crippen LogP contribution in [0.3, 0.4) is 0 Å². The van der Waals surface area contributed by atoms with E-state index in [4.69, 9.17) is 14.9 Å². The van der Waals surface area contributed by atoms with Crippen molar-refractivity contribution in [3.05, 3.63) is 36.1 Å². The van der Waals surface area contributed by atoms with Crippen LogP contribution in [-0.2, 0) is 4.74 Å². The van der Waals surface area contributed by atoms with Gasteiger partial charge in [0.15, 0.2) is 0 Å². The fourth-order valence-corrected chi connectivity index (χ4v) is 2.94. The lowest BCUT2D eigenvalue weighted by atomic mass is 10.1. The minimum absolute atomic E-state index is 0.115. The van der Waals surface area contributed by atoms with Gasteiger partial charge in [-0.3, -0.25) is 4.90 Å². The molecule has 0 amide bonds. The van der Waals surface area contributed by atoms with Gasteiger partial charge in [-0.1, -0.05) is 18.2 Å². The van der Waals surface area contributed by atoms with Gasteiger partial charge in [0.1, 0.15) is 11.3 Å². The van der Waals surface area contributed by atoms with Crippen LogP contribution < -0.4 is 5.73 Å². The first-order valence-electron chi connectivity index (χ1n) is 7.25. The Hall–Kier alpha value is -1.36. The molecule has 1 aromatic heterocycles. The Kier molecular flexibility index (Phi) is 3.78. The highest BCUT2D eigenvalue weighted by atomic mass is 16.5. The van der Waals surface area contributed by atoms with E-state index in [1.807, 2.05) is 18.2 Å². The topological polar surface area (TPSA) is 51.6 Å². The molecule has 4 nitrogen and oxygen atoms in total. The number of morpholine rings is 1. The number of nitrogens with two attached hydrogens (primary N) is 1. The summed E-state index contributed by atoms with van der Waals surface area (Å²) in [6.45, 7) is 6.47. The molecule has 2 aromatic rings. The normalized spacial score (nSPS) is 25.9. The summed E-state index contributed by atoms with van der Waals surface area (Å²) in [6, 6.07) is 10.7. The number of ether oxygens (including phenoxy) is 1. The number of hydrogen-bond donors (Lipinski definition) is 1. The van der Waals surface area contributed by atoms with Gasteiger partial charge >= 0.3 is 0 Å². The van der Waals surface area contributed by atoms with E-state index < -0.39 is 0 Å². The summed E-state index contributed by atoms with van der Waals surface area (Å²) >= 11 is 0. The number of fused-ring (bicyclic) bond motifs is 1. The molecule has 3 unspecified atom stereocenters. The maximum atomic E-state index is 6.02. The Labute approximate surface area is 119 Å². The molecule has 0 radical (unpaired) electrons. The Morgan fingerprint density at radius 3 is 2.90 bits per heavy atom. The van der Waals surface area contributed by atoms with E-state index in [1.54, 1.807) is 0 Å². The predicted molar refractivity (Wildman–Crippen MR) is 79.6 cm³/mol. The monoisotopic (exact) mass is 274 g/mol. The summed E-state index contributed by atoms with van der Waals surface area (Å²) in [4.78, 5) is 2.39. The van der Waals surface area contributed by atoms with E-state index in [0.717, 1.165) is 29.9 Å². The molecule has 3 atom stereocenters. The molecule has 0 aliphatic carbocycles. The summed E-state index contributed by atoms with van der Waals surface area (Å²) in [6.07, 6.45) is 0.240. The van der Waals surface area contributed by atoms with E-state index in [-0.39, 0.29) is 12.1 Å². The van der Waals surface area contributed by atoms with Gasteiger partial charge in [-0.15, -0.1) is 0 Å². The Bertz CT molecular complexity index is 548. The van der Waals surface area contributed by atoms with Crippen molar-refractivity contribution in [1.29, 1.82) is 0 Å². The van der Waals surface area contributed by atoms with Crippen molar-refractivity contribution >= 4 is 11.0 Å². The molecule has 1 aliphatic heterocycles. The Morgan fingerprint density at radius 1 is 1.35 bits per heavy atom. The van der Waals surface area contributed by atoms with Crippen molar-refractivity contribution in [3.8, 4) is 0 Å². The number of benzene rings is 1. The molecular weight excluding hydrogens is 252 g/mol. The summed E-state index contributed by atoms with van der Waals surface area (Å²) in [5, 5.41) is 1.13. The third kappa shape index (κ3) is 2.46. The van der Waals surface area contributed by atoms with Crippen LogP contribution in [0.25, 0.3) is 11.0 Å². The lowest BCUT2D eigenvalue weighted by molar-refractivity contribution is -0.0679. The van der Waals surface area contributed by atoms with Crippen LogP contribution in [0.1, 0.15) is 25.6 Å². The van der Waals surface area contributed by atoms with Crippen molar-refractivity contribution in [2.75, 3.05) is 19.7 Å². The van der Waals surface area contributed by atoms with Crippen LogP contribution in [0, 0.1) is 0 Å². The van der Waals surface area contributed by atoms with Crippen molar-refractivity contribution < 1.29 is 9.15 Å². The molecule has 0 spiro atoms. The molecule has 1 aromatic carbocycles. The smallest absolute Gasteiger partial charge is 0.134 e. The van der Waals surface area contributed by atoms with E-state index in [2.05, 4.69) is 30.9 Å². The standard InChI is InChI=1S/C16H22N2O2/c1-11-10-19-12(2)9-18(11)14(8-17)16-7-13-5-3-4-6-15(13)20-16/h3-7,11-12,14H,8-10,17H2,1-2H3. The molecule has 1 aliphatic rings. The molecule has 108 valence electrons. The first kappa shape index (κ1) is 13.6. The van der Waals surface area contributed by atoms with E-state index in [0.29, 0.717) is 12.6 Å². The molecule has 2 N–H and O–H groups in total. The molecular formula is C16H22N2O2. The van der Waals surface area contributed by atoms with Crippen LogP contribution in [-0.4, -0.2) is 36.7 Å². The summed E-state index contributed by atoms with van der Waals surface area (Å²) in [7, 11) is 0. The maximum Gasteiger partial charge on any atom is 0.134 e. The summed E-state index contributed by atoms with van der Waals surface area (Å²) in [5.74, 6) is 0.953. The zero-order chi connectivity index (χ0) is 14.1. The molecule has 20 heavy (non-hydrogen) atoms. The Morgan fingerprint density at radius 2 is 2.15 bits per heavy atom. The van der Waals surface area contributed by atoms with Gasteiger partial charge < -0.3 is 14.9 Å². The molecule has 4 heteroatoms. The third-order valence-electron chi connectivity index (χ3n) is 4.05. The lowest BCUT2D eigenvalue weighted by Crippen LogP contribution is -2.50. The largest absolute Gasteiger partial charge is 0.459 e. The molecule has 0 bridgehead atoms. The highest BCUT2D eigenvalue weighted by molar-refractivity contribution is 5.77. The van der Waals surface area contributed by atoms with Gasteiger partial charge in [0, 0.05) is 24.5 Å². The third-order valence-corrected chi connectivity index (χ3v) is 4.05. The van der Waals surface area contributed by atoms with Crippen molar-refractivity contribution in [1.82, 2.24) is 4.90 Å². The van der Waals surface area contributed by atoms with Crippen molar-refractivity contribution in [2.24, 2.45) is 5.73 Å². The van der Waals surface area contributed by atoms with Gasteiger partial charge in [-0.25, -0.2) is 0 Å². The second kappa shape index (κ2) is 5.56. The summed E-state index contributed by atoms with van der Waals surface area (Å²) in [5.41, 5.74) is 6.95. The zero-order valence-electron chi connectivity index (χ0n) is 12.1. The SMILES string of the molecule is CC1CN(C(CN)c2cc3ccccc3o2)C(C)CO1. The average molecular weight is 274 g/mol. The molecule has 0 saturated carbocycles. The van der Waals surface area contributed by atoms with Crippen LogP contribution >= 0.6 is 0 Å². The molecule has 1 saturated heterocycles. The van der Waals surface area contributed by atoms with E-state index in [9.17, 15) is 0 Å². The van der Waals surface area contributed by atoms with E-state index in [1.165, 1.54) is 0 Å². The van der Waals surface area contributed by atoms with Crippen molar-refractivity contribution in [2.45, 2.75) is 32.0 Å².